The first-order valence-corrected chi connectivity index (χ1v) is 8.62. The van der Waals surface area contributed by atoms with Crippen LogP contribution < -0.4 is 0 Å². The van der Waals surface area contributed by atoms with Crippen LogP contribution in [0.3, 0.4) is 0 Å². The summed E-state index contributed by atoms with van der Waals surface area (Å²) in [5.41, 5.74) is 0.409. The molecule has 0 saturated heterocycles. The maximum absolute atomic E-state index is 11.3. The molecule has 13 heavy (non-hydrogen) atoms. The number of esters is 1. The SMILES string of the molecule is CCOC(=O)c1nn(PI)cc1I. The predicted molar refractivity (Wildman–Crippen MR) is 68.6 cm³/mol. The molecule has 0 saturated carbocycles. The van der Waals surface area contributed by atoms with Gasteiger partial charge < -0.3 is 4.74 Å². The fourth-order valence-electron chi connectivity index (χ4n) is 0.734. The first kappa shape index (κ1) is 11.6. The van der Waals surface area contributed by atoms with Crippen LogP contribution in [0.1, 0.15) is 17.4 Å². The molecule has 0 N–H and O–H groups in total. The van der Waals surface area contributed by atoms with Crippen LogP contribution in [-0.2, 0) is 4.74 Å². The summed E-state index contributed by atoms with van der Waals surface area (Å²) < 4.78 is 7.41. The molecule has 1 rings (SSSR count). The number of carbonyl (C=O) groups excluding carboxylic acids is 1. The summed E-state index contributed by atoms with van der Waals surface area (Å²) in [6, 6.07) is 0. The van der Waals surface area contributed by atoms with Crippen LogP contribution in [0.15, 0.2) is 6.20 Å². The number of hydrogen-bond donors (Lipinski definition) is 0. The van der Waals surface area contributed by atoms with E-state index in [1.54, 1.807) is 11.4 Å². The summed E-state index contributed by atoms with van der Waals surface area (Å²) in [5, 5.41) is 4.09. The lowest BCUT2D eigenvalue weighted by Gasteiger charge is -1.97. The molecule has 1 aromatic heterocycles. The average molecular weight is 424 g/mol. The van der Waals surface area contributed by atoms with E-state index in [9.17, 15) is 4.79 Å². The van der Waals surface area contributed by atoms with Gasteiger partial charge in [-0.15, -0.1) is 0 Å². The lowest BCUT2D eigenvalue weighted by atomic mass is 10.4. The monoisotopic (exact) mass is 424 g/mol. The zero-order valence-corrected chi connectivity index (χ0v) is 12.1. The highest BCUT2D eigenvalue weighted by Crippen LogP contribution is 2.25. The molecule has 0 radical (unpaired) electrons. The Morgan fingerprint density at radius 3 is 3.00 bits per heavy atom. The van der Waals surface area contributed by atoms with Crippen molar-refractivity contribution in [3.8, 4) is 0 Å². The molecule has 1 atom stereocenters. The smallest absolute Gasteiger partial charge is 0.359 e. The molecule has 0 fully saturated rings. The normalized spacial score (nSPS) is 11.0. The fraction of sp³-hybridized carbons (Fsp3) is 0.333. The number of aromatic nitrogens is 2. The molecule has 0 aliphatic rings. The van der Waals surface area contributed by atoms with Crippen LogP contribution in [0.5, 0.6) is 0 Å². The van der Waals surface area contributed by atoms with E-state index >= 15 is 0 Å². The van der Waals surface area contributed by atoms with Crippen molar-refractivity contribution in [2.75, 3.05) is 6.61 Å². The van der Waals surface area contributed by atoms with Crippen LogP contribution >= 0.6 is 51.0 Å². The Kier molecular flexibility index (Phi) is 4.88. The summed E-state index contributed by atoms with van der Waals surface area (Å²) in [6.07, 6.45) is 2.34. The molecule has 1 aromatic rings. The van der Waals surface area contributed by atoms with Crippen LogP contribution in [0.4, 0.5) is 0 Å². The molecule has 0 bridgehead atoms. The zero-order chi connectivity index (χ0) is 9.84. The summed E-state index contributed by atoms with van der Waals surface area (Å²) in [7, 11) is 0. The van der Waals surface area contributed by atoms with Crippen molar-refractivity contribution in [3.05, 3.63) is 15.5 Å². The summed E-state index contributed by atoms with van der Waals surface area (Å²) in [5.74, 6) is -0.347. The molecule has 0 aliphatic carbocycles. The number of carbonyl (C=O) groups is 1. The fourth-order valence-corrected chi connectivity index (χ4v) is 2.65. The van der Waals surface area contributed by atoms with Gasteiger partial charge >= 0.3 is 5.97 Å². The quantitative estimate of drug-likeness (QED) is 0.426. The minimum absolute atomic E-state index is 0.347. The van der Waals surface area contributed by atoms with Gasteiger partial charge in [0.15, 0.2) is 5.69 Å². The summed E-state index contributed by atoms with van der Waals surface area (Å²) in [4.78, 5) is 11.3. The van der Waals surface area contributed by atoms with E-state index in [-0.39, 0.29) is 5.97 Å². The number of rotatable bonds is 3. The van der Waals surface area contributed by atoms with E-state index in [2.05, 4.69) is 49.7 Å². The zero-order valence-electron chi connectivity index (χ0n) is 6.75. The second kappa shape index (κ2) is 5.45. The van der Waals surface area contributed by atoms with E-state index in [1.807, 2.05) is 6.20 Å². The molecular formula is C6H7I2N2O2P. The standard InChI is InChI=1S/C6H7I2N2O2P/c1-2-12-6(11)5-4(7)3-10(9-5)13-8/h3,13H,2H2,1H3. The number of halogens is 2. The Labute approximate surface area is 104 Å². The van der Waals surface area contributed by atoms with Crippen molar-refractivity contribution in [3.63, 3.8) is 0 Å². The molecule has 0 spiro atoms. The number of hydrogen-bond acceptors (Lipinski definition) is 3. The maximum Gasteiger partial charge on any atom is 0.359 e. The lowest BCUT2D eigenvalue weighted by Crippen LogP contribution is -2.06. The van der Waals surface area contributed by atoms with E-state index < -0.39 is 0 Å². The van der Waals surface area contributed by atoms with Crippen molar-refractivity contribution in [1.82, 2.24) is 9.55 Å². The molecule has 0 amide bonds. The van der Waals surface area contributed by atoms with Gasteiger partial charge in [0.2, 0.25) is 0 Å². The topological polar surface area (TPSA) is 44.1 Å². The minimum Gasteiger partial charge on any atom is -0.461 e. The van der Waals surface area contributed by atoms with Gasteiger partial charge in [-0.3, -0.25) is 0 Å². The van der Waals surface area contributed by atoms with E-state index in [0.29, 0.717) is 18.7 Å². The Hall–Kier alpha value is 0.570. The second-order valence-electron chi connectivity index (χ2n) is 2.08. The predicted octanol–water partition coefficient (Wildman–Crippen LogP) is 2.46. The average Bonchev–Trinajstić information content (AvgIpc) is 2.47. The third-order valence-corrected chi connectivity index (χ3v) is 3.90. The van der Waals surface area contributed by atoms with Gasteiger partial charge in [-0.25, -0.2) is 9.25 Å². The molecule has 0 aliphatic heterocycles. The maximum atomic E-state index is 11.3. The van der Waals surface area contributed by atoms with E-state index in [0.717, 1.165) is 3.57 Å². The highest BCUT2D eigenvalue weighted by molar-refractivity contribution is 14.2. The molecule has 0 aromatic carbocycles. The van der Waals surface area contributed by atoms with Gasteiger partial charge in [0.1, 0.15) is 0 Å². The van der Waals surface area contributed by atoms with Gasteiger partial charge in [-0.05, 0) is 51.6 Å². The van der Waals surface area contributed by atoms with Gasteiger partial charge in [0, 0.05) is 6.20 Å². The van der Waals surface area contributed by atoms with Gasteiger partial charge in [0.25, 0.3) is 0 Å². The van der Waals surface area contributed by atoms with Crippen molar-refractivity contribution >= 4 is 57.0 Å². The Bertz CT molecular complexity index is 316. The van der Waals surface area contributed by atoms with Crippen LogP contribution in [0, 0.1) is 3.57 Å². The number of nitrogens with zero attached hydrogens (tertiary/aromatic N) is 2. The molecule has 7 heteroatoms. The van der Waals surface area contributed by atoms with Crippen molar-refractivity contribution in [2.24, 2.45) is 0 Å². The molecular weight excluding hydrogens is 417 g/mol. The Balaban J connectivity index is 2.87. The van der Waals surface area contributed by atoms with Crippen LogP contribution in [0.25, 0.3) is 0 Å². The molecule has 1 unspecified atom stereocenters. The largest absolute Gasteiger partial charge is 0.461 e. The van der Waals surface area contributed by atoms with E-state index in [4.69, 9.17) is 4.74 Å². The highest BCUT2D eigenvalue weighted by atomic mass is 127. The van der Waals surface area contributed by atoms with Crippen LogP contribution in [0.2, 0.25) is 0 Å². The van der Waals surface area contributed by atoms with Gasteiger partial charge in [-0.2, -0.15) is 5.10 Å². The summed E-state index contributed by atoms with van der Waals surface area (Å²) >= 11 is 4.28. The highest BCUT2D eigenvalue weighted by Gasteiger charge is 2.15. The third-order valence-electron chi connectivity index (χ3n) is 1.22. The van der Waals surface area contributed by atoms with Crippen LogP contribution in [-0.4, -0.2) is 22.1 Å². The van der Waals surface area contributed by atoms with E-state index in [1.165, 1.54) is 0 Å². The third kappa shape index (κ3) is 3.02. The second-order valence-corrected chi connectivity index (χ2v) is 5.31. The molecule has 72 valence electrons. The Morgan fingerprint density at radius 2 is 2.54 bits per heavy atom. The molecule has 1 heterocycles. The first-order chi connectivity index (χ1) is 6.19. The van der Waals surface area contributed by atoms with Gasteiger partial charge in [0.05, 0.1) is 16.6 Å². The number of ether oxygens (including phenoxy) is 1. The van der Waals surface area contributed by atoms with Crippen molar-refractivity contribution in [2.45, 2.75) is 6.92 Å². The van der Waals surface area contributed by atoms with Gasteiger partial charge in [-0.1, -0.05) is 0 Å². The van der Waals surface area contributed by atoms with Crippen molar-refractivity contribution < 1.29 is 9.53 Å². The summed E-state index contributed by atoms with van der Waals surface area (Å²) in [6.45, 7) is 2.16. The first-order valence-electron chi connectivity index (χ1n) is 3.48. The van der Waals surface area contributed by atoms with Crippen molar-refractivity contribution in [1.29, 1.82) is 0 Å². The minimum atomic E-state index is -0.347. The molecule has 4 nitrogen and oxygen atoms in total. The Morgan fingerprint density at radius 1 is 1.85 bits per heavy atom. The lowest BCUT2D eigenvalue weighted by molar-refractivity contribution is 0.0518.